The van der Waals surface area contributed by atoms with Crippen LogP contribution in [0.2, 0.25) is 0 Å². The smallest absolute Gasteiger partial charge is 0.258 e. The Hall–Kier alpha value is -3.55. The fraction of sp³-hybridized carbons (Fsp3) is 0.0588. The number of carbonyl (C=O) groups excluding carboxylic acids is 2. The van der Waals surface area contributed by atoms with Crippen LogP contribution in [0.4, 0.5) is 16.0 Å². The maximum absolute atomic E-state index is 12.8. The lowest BCUT2D eigenvalue weighted by atomic mass is 10.2. The first-order valence-electron chi connectivity index (χ1n) is 7.41. The predicted molar refractivity (Wildman–Crippen MR) is 89.4 cm³/mol. The molecule has 0 atom stereocenters. The van der Waals surface area contributed by atoms with E-state index in [0.29, 0.717) is 11.3 Å². The van der Waals surface area contributed by atoms with Gasteiger partial charge in [0, 0.05) is 11.3 Å². The minimum absolute atomic E-state index is 0.0917. The number of halogens is 1. The summed E-state index contributed by atoms with van der Waals surface area (Å²) in [5.74, 6) is -0.969. The fourth-order valence-corrected chi connectivity index (χ4v) is 2.07. The van der Waals surface area contributed by atoms with Crippen molar-refractivity contribution in [3.8, 4) is 0 Å². The Morgan fingerprint density at radius 2 is 1.72 bits per heavy atom. The van der Waals surface area contributed by atoms with Crippen LogP contribution in [-0.4, -0.2) is 26.6 Å². The molecule has 0 radical (unpaired) electrons. The second kappa shape index (κ2) is 7.35. The molecule has 2 aromatic carbocycles. The highest BCUT2D eigenvalue weighted by molar-refractivity contribution is 6.03. The monoisotopic (exact) mass is 339 g/mol. The van der Waals surface area contributed by atoms with Gasteiger partial charge in [-0.2, -0.15) is 0 Å². The van der Waals surface area contributed by atoms with E-state index in [-0.39, 0.29) is 30.1 Å². The van der Waals surface area contributed by atoms with Crippen molar-refractivity contribution in [3.63, 3.8) is 0 Å². The number of amides is 2. The highest BCUT2D eigenvalue weighted by Crippen LogP contribution is 2.08. The molecule has 0 saturated heterocycles. The van der Waals surface area contributed by atoms with Gasteiger partial charge in [0.15, 0.2) is 0 Å². The molecule has 3 rings (SSSR count). The van der Waals surface area contributed by atoms with Crippen molar-refractivity contribution in [2.24, 2.45) is 0 Å². The molecule has 0 aliphatic rings. The Bertz CT molecular complexity index is 878. The predicted octanol–water partition coefficient (Wildman–Crippen LogP) is 2.31. The van der Waals surface area contributed by atoms with Crippen molar-refractivity contribution < 1.29 is 14.0 Å². The molecule has 0 bridgehead atoms. The molecule has 0 aliphatic heterocycles. The van der Waals surface area contributed by atoms with Gasteiger partial charge in [-0.25, -0.2) is 14.1 Å². The average molecular weight is 339 g/mol. The fourth-order valence-electron chi connectivity index (χ4n) is 2.07. The lowest BCUT2D eigenvalue weighted by Gasteiger charge is -2.04. The maximum atomic E-state index is 12.8. The first-order chi connectivity index (χ1) is 12.1. The molecule has 1 heterocycles. The topological polar surface area (TPSA) is 88.9 Å². The molecule has 0 aliphatic carbocycles. The SMILES string of the molecule is O=C(Cn1cnc(NC(=O)c2ccccc2)n1)Nc1ccc(F)cc1. The number of rotatable bonds is 5. The van der Waals surface area contributed by atoms with Gasteiger partial charge in [0.2, 0.25) is 11.9 Å². The maximum Gasteiger partial charge on any atom is 0.258 e. The number of hydrogen-bond donors (Lipinski definition) is 2. The lowest BCUT2D eigenvalue weighted by Crippen LogP contribution is -2.19. The number of nitrogens with zero attached hydrogens (tertiary/aromatic N) is 3. The van der Waals surface area contributed by atoms with E-state index < -0.39 is 0 Å². The molecule has 25 heavy (non-hydrogen) atoms. The largest absolute Gasteiger partial charge is 0.324 e. The summed E-state index contributed by atoms with van der Waals surface area (Å²) in [5, 5.41) is 9.19. The normalized spacial score (nSPS) is 10.3. The van der Waals surface area contributed by atoms with E-state index in [0.717, 1.165) is 0 Å². The Kier molecular flexibility index (Phi) is 4.79. The van der Waals surface area contributed by atoms with Gasteiger partial charge in [0.1, 0.15) is 18.7 Å². The second-order valence-electron chi connectivity index (χ2n) is 5.14. The first kappa shape index (κ1) is 16.3. The molecule has 0 fully saturated rings. The second-order valence-corrected chi connectivity index (χ2v) is 5.14. The van der Waals surface area contributed by atoms with E-state index in [9.17, 15) is 14.0 Å². The third-order valence-electron chi connectivity index (χ3n) is 3.23. The Morgan fingerprint density at radius 3 is 2.44 bits per heavy atom. The molecule has 1 aromatic heterocycles. The third kappa shape index (κ3) is 4.47. The summed E-state index contributed by atoms with van der Waals surface area (Å²) < 4.78 is 14.1. The molecule has 8 heteroatoms. The van der Waals surface area contributed by atoms with Crippen LogP contribution in [-0.2, 0) is 11.3 Å². The van der Waals surface area contributed by atoms with Crippen molar-refractivity contribution in [1.29, 1.82) is 0 Å². The zero-order chi connectivity index (χ0) is 17.6. The standard InChI is InChI=1S/C17H14FN5O2/c18-13-6-8-14(9-7-13)20-15(24)10-23-11-19-17(22-23)21-16(25)12-4-2-1-3-5-12/h1-9,11H,10H2,(H,20,24)(H,21,22,25). The van der Waals surface area contributed by atoms with Gasteiger partial charge in [-0.1, -0.05) is 18.2 Å². The molecule has 3 aromatic rings. The Balaban J connectivity index is 1.57. The number of hydrogen-bond acceptors (Lipinski definition) is 4. The van der Waals surface area contributed by atoms with E-state index in [1.54, 1.807) is 24.3 Å². The number of nitrogens with one attached hydrogen (secondary N) is 2. The van der Waals surface area contributed by atoms with E-state index in [4.69, 9.17) is 0 Å². The summed E-state index contributed by atoms with van der Waals surface area (Å²) in [6, 6.07) is 14.1. The van der Waals surface area contributed by atoms with Gasteiger partial charge in [0.25, 0.3) is 5.91 Å². The number of aromatic nitrogens is 3. The summed E-state index contributed by atoms with van der Waals surface area (Å²) in [6.07, 6.45) is 1.34. The summed E-state index contributed by atoms with van der Waals surface area (Å²) in [4.78, 5) is 27.9. The molecular weight excluding hydrogens is 325 g/mol. The minimum atomic E-state index is -0.381. The van der Waals surface area contributed by atoms with Crippen molar-refractivity contribution in [2.45, 2.75) is 6.54 Å². The summed E-state index contributed by atoms with van der Waals surface area (Å²) >= 11 is 0. The van der Waals surface area contributed by atoms with Crippen LogP contribution in [0.3, 0.4) is 0 Å². The minimum Gasteiger partial charge on any atom is -0.324 e. The Labute approximate surface area is 142 Å². The zero-order valence-corrected chi connectivity index (χ0v) is 13.0. The summed E-state index contributed by atoms with van der Waals surface area (Å²) in [6.45, 7) is -0.0917. The molecule has 0 saturated carbocycles. The van der Waals surface area contributed by atoms with Crippen LogP contribution < -0.4 is 10.6 Å². The molecule has 126 valence electrons. The number of benzene rings is 2. The van der Waals surface area contributed by atoms with E-state index in [1.807, 2.05) is 6.07 Å². The van der Waals surface area contributed by atoms with E-state index >= 15 is 0 Å². The van der Waals surface area contributed by atoms with Gasteiger partial charge in [-0.15, -0.1) is 5.10 Å². The molecule has 0 spiro atoms. The van der Waals surface area contributed by atoms with Crippen LogP contribution >= 0.6 is 0 Å². The highest BCUT2D eigenvalue weighted by Gasteiger charge is 2.10. The summed E-state index contributed by atoms with van der Waals surface area (Å²) in [5.41, 5.74) is 0.956. The van der Waals surface area contributed by atoms with E-state index in [2.05, 4.69) is 20.7 Å². The molecule has 2 amide bonds. The van der Waals surface area contributed by atoms with Crippen LogP contribution in [0.5, 0.6) is 0 Å². The van der Waals surface area contributed by atoms with Gasteiger partial charge in [0.05, 0.1) is 0 Å². The molecular formula is C17H14FN5O2. The van der Waals surface area contributed by atoms with Gasteiger partial charge >= 0.3 is 0 Å². The average Bonchev–Trinajstić information content (AvgIpc) is 3.04. The zero-order valence-electron chi connectivity index (χ0n) is 13.0. The van der Waals surface area contributed by atoms with Gasteiger partial charge in [-0.05, 0) is 36.4 Å². The van der Waals surface area contributed by atoms with Crippen molar-refractivity contribution >= 4 is 23.5 Å². The van der Waals surface area contributed by atoms with Crippen LogP contribution in [0.25, 0.3) is 0 Å². The molecule has 2 N–H and O–H groups in total. The van der Waals surface area contributed by atoms with Crippen LogP contribution in [0.15, 0.2) is 60.9 Å². The van der Waals surface area contributed by atoms with Crippen LogP contribution in [0.1, 0.15) is 10.4 Å². The number of carbonyl (C=O) groups is 2. The molecule has 0 unspecified atom stereocenters. The lowest BCUT2D eigenvalue weighted by molar-refractivity contribution is -0.116. The van der Waals surface area contributed by atoms with E-state index in [1.165, 1.54) is 35.3 Å². The highest BCUT2D eigenvalue weighted by atomic mass is 19.1. The molecule has 7 nitrogen and oxygen atoms in total. The van der Waals surface area contributed by atoms with Crippen molar-refractivity contribution in [3.05, 3.63) is 72.3 Å². The van der Waals surface area contributed by atoms with Crippen molar-refractivity contribution in [2.75, 3.05) is 10.6 Å². The summed E-state index contributed by atoms with van der Waals surface area (Å²) in [7, 11) is 0. The van der Waals surface area contributed by atoms with Gasteiger partial charge in [-0.3, -0.25) is 14.9 Å². The van der Waals surface area contributed by atoms with Gasteiger partial charge < -0.3 is 5.32 Å². The number of anilines is 2. The first-order valence-corrected chi connectivity index (χ1v) is 7.41. The Morgan fingerprint density at radius 1 is 1.00 bits per heavy atom. The van der Waals surface area contributed by atoms with Crippen molar-refractivity contribution in [1.82, 2.24) is 14.8 Å². The third-order valence-corrected chi connectivity index (χ3v) is 3.23. The quantitative estimate of drug-likeness (QED) is 0.746. The van der Waals surface area contributed by atoms with Crippen LogP contribution in [0, 0.1) is 5.82 Å².